The zero-order valence-corrected chi connectivity index (χ0v) is 15.0. The first kappa shape index (κ1) is 17.4. The fraction of sp³-hybridized carbons (Fsp3) is 0.167. The Labute approximate surface area is 152 Å². The fourth-order valence-electron chi connectivity index (χ4n) is 2.20. The Kier molecular flexibility index (Phi) is 5.35. The Morgan fingerprint density at radius 2 is 1.88 bits per heavy atom. The van der Waals surface area contributed by atoms with Gasteiger partial charge in [-0.25, -0.2) is 9.37 Å². The predicted octanol–water partition coefficient (Wildman–Crippen LogP) is 4.92. The Hall–Kier alpha value is -2.38. The van der Waals surface area contributed by atoms with Gasteiger partial charge in [0, 0.05) is 28.7 Å². The number of Topliss-reactive ketones (excluding diaryl/α,β-unsaturated/α-hetero) is 1. The first-order chi connectivity index (χ1) is 12.0. The summed E-state index contributed by atoms with van der Waals surface area (Å²) in [6, 6.07) is 9.69. The number of nitrogens with one attached hydrogen (secondary N) is 1. The van der Waals surface area contributed by atoms with Crippen LogP contribution < -0.4 is 5.32 Å². The summed E-state index contributed by atoms with van der Waals surface area (Å²) in [5, 5.41) is 4.96. The quantitative estimate of drug-likeness (QED) is 0.623. The Morgan fingerprint density at radius 1 is 1.12 bits per heavy atom. The van der Waals surface area contributed by atoms with E-state index in [9.17, 15) is 14.0 Å². The van der Waals surface area contributed by atoms with Gasteiger partial charge in [0.05, 0.1) is 10.6 Å². The summed E-state index contributed by atoms with van der Waals surface area (Å²) >= 11 is 2.73. The summed E-state index contributed by atoms with van der Waals surface area (Å²) in [6.07, 6.45) is 0.281. The largest absolute Gasteiger partial charge is 0.302 e. The number of carbonyl (C=O) groups is 2. The van der Waals surface area contributed by atoms with Crippen LogP contribution in [-0.2, 0) is 4.79 Å². The highest BCUT2D eigenvalue weighted by molar-refractivity contribution is 7.14. The van der Waals surface area contributed by atoms with Gasteiger partial charge < -0.3 is 5.32 Å². The summed E-state index contributed by atoms with van der Waals surface area (Å²) in [6.45, 7) is 1.94. The van der Waals surface area contributed by atoms with Crippen molar-refractivity contribution in [3.05, 3.63) is 57.3 Å². The fourth-order valence-corrected chi connectivity index (χ4v) is 3.77. The number of aromatic nitrogens is 1. The molecule has 1 aromatic carbocycles. The second-order valence-electron chi connectivity index (χ2n) is 5.43. The molecular weight excluding hydrogens is 359 g/mol. The highest BCUT2D eigenvalue weighted by Gasteiger charge is 2.13. The van der Waals surface area contributed by atoms with Crippen LogP contribution in [0.5, 0.6) is 0 Å². The molecule has 1 amide bonds. The predicted molar refractivity (Wildman–Crippen MR) is 98.8 cm³/mol. The molecule has 3 aromatic rings. The highest BCUT2D eigenvalue weighted by Crippen LogP contribution is 2.25. The molecule has 1 N–H and O–H groups in total. The van der Waals surface area contributed by atoms with Gasteiger partial charge in [0.1, 0.15) is 5.82 Å². The van der Waals surface area contributed by atoms with Gasteiger partial charge in [-0.2, -0.15) is 0 Å². The van der Waals surface area contributed by atoms with E-state index in [0.717, 1.165) is 10.4 Å². The van der Waals surface area contributed by atoms with Crippen LogP contribution in [0.3, 0.4) is 0 Å². The molecule has 7 heteroatoms. The van der Waals surface area contributed by atoms with Crippen molar-refractivity contribution in [2.24, 2.45) is 0 Å². The Bertz CT molecular complexity index is 900. The number of benzene rings is 1. The molecule has 0 radical (unpaired) electrons. The van der Waals surface area contributed by atoms with Gasteiger partial charge in [0.25, 0.3) is 0 Å². The number of thiophene rings is 1. The van der Waals surface area contributed by atoms with Crippen molar-refractivity contribution in [2.75, 3.05) is 5.32 Å². The minimum atomic E-state index is -0.307. The van der Waals surface area contributed by atoms with Crippen molar-refractivity contribution in [3.63, 3.8) is 0 Å². The maximum absolute atomic E-state index is 13.0. The lowest BCUT2D eigenvalue weighted by atomic mass is 10.2. The summed E-state index contributed by atoms with van der Waals surface area (Å²) < 4.78 is 13.0. The molecule has 0 fully saturated rings. The lowest BCUT2D eigenvalue weighted by Gasteiger charge is -2.01. The van der Waals surface area contributed by atoms with Crippen molar-refractivity contribution in [2.45, 2.75) is 19.8 Å². The maximum atomic E-state index is 13.0. The van der Waals surface area contributed by atoms with Crippen molar-refractivity contribution in [1.29, 1.82) is 0 Å². The molecule has 0 atom stereocenters. The van der Waals surface area contributed by atoms with E-state index in [0.29, 0.717) is 15.7 Å². The molecule has 0 saturated carbocycles. The Balaban J connectivity index is 1.55. The summed E-state index contributed by atoms with van der Waals surface area (Å²) in [5.41, 5.74) is 1.45. The SMILES string of the molecule is Cc1ccc(C(=O)CCC(=O)Nc2nc(-c3ccc(F)cc3)cs2)s1. The minimum absolute atomic E-state index is 0.0283. The molecule has 0 aliphatic heterocycles. The molecule has 2 heterocycles. The van der Waals surface area contributed by atoms with Crippen LogP contribution in [0.1, 0.15) is 27.4 Å². The molecule has 128 valence electrons. The van der Waals surface area contributed by atoms with E-state index in [4.69, 9.17) is 0 Å². The van der Waals surface area contributed by atoms with Crippen LogP contribution in [0, 0.1) is 12.7 Å². The molecule has 3 rings (SSSR count). The number of rotatable bonds is 6. The topological polar surface area (TPSA) is 59.1 Å². The molecule has 0 spiro atoms. The van der Waals surface area contributed by atoms with Crippen molar-refractivity contribution < 1.29 is 14.0 Å². The van der Waals surface area contributed by atoms with Crippen LogP contribution in [0.25, 0.3) is 11.3 Å². The van der Waals surface area contributed by atoms with E-state index < -0.39 is 0 Å². The number of carbonyl (C=O) groups excluding carboxylic acids is 2. The Morgan fingerprint density at radius 3 is 2.56 bits per heavy atom. The number of nitrogens with zero attached hydrogens (tertiary/aromatic N) is 1. The minimum Gasteiger partial charge on any atom is -0.302 e. The van der Waals surface area contributed by atoms with Crippen molar-refractivity contribution in [1.82, 2.24) is 4.98 Å². The molecule has 25 heavy (non-hydrogen) atoms. The third kappa shape index (κ3) is 4.58. The van der Waals surface area contributed by atoms with E-state index >= 15 is 0 Å². The van der Waals surface area contributed by atoms with Crippen LogP contribution in [0.4, 0.5) is 9.52 Å². The lowest BCUT2D eigenvalue weighted by Crippen LogP contribution is -2.13. The number of thiazole rings is 1. The van der Waals surface area contributed by atoms with E-state index in [2.05, 4.69) is 10.3 Å². The molecule has 0 saturated heterocycles. The molecular formula is C18H15FN2O2S2. The van der Waals surface area contributed by atoms with E-state index in [-0.39, 0.29) is 30.3 Å². The van der Waals surface area contributed by atoms with Crippen molar-refractivity contribution in [3.8, 4) is 11.3 Å². The number of amides is 1. The summed E-state index contributed by atoms with van der Waals surface area (Å²) in [4.78, 5) is 30.1. The van der Waals surface area contributed by atoms with E-state index in [1.807, 2.05) is 13.0 Å². The van der Waals surface area contributed by atoms with Gasteiger partial charge in [-0.15, -0.1) is 22.7 Å². The highest BCUT2D eigenvalue weighted by atomic mass is 32.1. The monoisotopic (exact) mass is 374 g/mol. The number of aryl methyl sites for hydroxylation is 1. The molecule has 0 bridgehead atoms. The maximum Gasteiger partial charge on any atom is 0.226 e. The van der Waals surface area contributed by atoms with Gasteiger partial charge in [-0.3, -0.25) is 9.59 Å². The second-order valence-corrected chi connectivity index (χ2v) is 7.57. The summed E-state index contributed by atoms with van der Waals surface area (Å²) in [5.74, 6) is -0.584. The second kappa shape index (κ2) is 7.67. The van der Waals surface area contributed by atoms with E-state index in [1.165, 1.54) is 34.8 Å². The van der Waals surface area contributed by atoms with Gasteiger partial charge >= 0.3 is 0 Å². The first-order valence-corrected chi connectivity index (χ1v) is 9.32. The standard InChI is InChI=1S/C18H15FN2O2S2/c1-11-2-8-16(25-11)15(22)7-9-17(23)21-18-20-14(10-24-18)12-3-5-13(19)6-4-12/h2-6,8,10H,7,9H2,1H3,(H,20,21,23). The number of hydrogen-bond donors (Lipinski definition) is 1. The zero-order chi connectivity index (χ0) is 17.8. The average Bonchev–Trinajstić information content (AvgIpc) is 3.22. The van der Waals surface area contributed by atoms with E-state index in [1.54, 1.807) is 23.6 Å². The van der Waals surface area contributed by atoms with Gasteiger partial charge in [0.15, 0.2) is 10.9 Å². The van der Waals surface area contributed by atoms with Gasteiger partial charge in [0.2, 0.25) is 5.91 Å². The van der Waals surface area contributed by atoms with Gasteiger partial charge in [-0.05, 0) is 43.3 Å². The molecule has 0 unspecified atom stereocenters. The first-order valence-electron chi connectivity index (χ1n) is 7.62. The van der Waals surface area contributed by atoms with Crippen LogP contribution in [-0.4, -0.2) is 16.7 Å². The van der Waals surface area contributed by atoms with Gasteiger partial charge in [-0.1, -0.05) is 0 Å². The molecule has 2 aromatic heterocycles. The van der Waals surface area contributed by atoms with Crippen LogP contribution in [0.15, 0.2) is 41.8 Å². The average molecular weight is 374 g/mol. The van der Waals surface area contributed by atoms with Crippen LogP contribution >= 0.6 is 22.7 Å². The molecule has 0 aliphatic carbocycles. The number of anilines is 1. The number of hydrogen-bond acceptors (Lipinski definition) is 5. The zero-order valence-electron chi connectivity index (χ0n) is 13.4. The summed E-state index contributed by atoms with van der Waals surface area (Å²) in [7, 11) is 0. The number of halogens is 1. The normalized spacial score (nSPS) is 10.6. The molecule has 4 nitrogen and oxygen atoms in total. The molecule has 0 aliphatic rings. The van der Waals surface area contributed by atoms with Crippen molar-refractivity contribution >= 4 is 39.5 Å². The lowest BCUT2D eigenvalue weighted by molar-refractivity contribution is -0.116. The third-order valence-corrected chi connectivity index (χ3v) is 5.28. The van der Waals surface area contributed by atoms with Crippen LogP contribution in [0.2, 0.25) is 0 Å². The number of ketones is 1. The smallest absolute Gasteiger partial charge is 0.226 e. The third-order valence-electron chi connectivity index (χ3n) is 3.48.